The van der Waals surface area contributed by atoms with Gasteiger partial charge in [0.2, 0.25) is 11.8 Å². The Morgan fingerprint density at radius 1 is 1.00 bits per heavy atom. The van der Waals surface area contributed by atoms with Gasteiger partial charge in [0.25, 0.3) is 0 Å². The van der Waals surface area contributed by atoms with E-state index in [4.69, 9.17) is 9.47 Å². The molecule has 0 spiro atoms. The average Bonchev–Trinajstić information content (AvgIpc) is 3.67. The number of rotatable bonds is 6. The number of esters is 1. The highest BCUT2D eigenvalue weighted by Gasteiger charge is 2.69. The second-order valence-electron chi connectivity index (χ2n) is 10.4. The Balaban J connectivity index is 1.29. The summed E-state index contributed by atoms with van der Waals surface area (Å²) in [4.78, 5) is 57.3. The minimum atomic E-state index is -0.449. The first kappa shape index (κ1) is 24.7. The maximum atomic E-state index is 13.8. The third-order valence-electron chi connectivity index (χ3n) is 8.64. The molecule has 39 heavy (non-hydrogen) atoms. The minimum absolute atomic E-state index is 0.00359. The van der Waals surface area contributed by atoms with Crippen LogP contribution in [-0.4, -0.2) is 41.2 Å². The van der Waals surface area contributed by atoms with Crippen molar-refractivity contribution < 1.29 is 23.9 Å². The standard InChI is InChI=1S/C29H26N2O6S2/c1-2-36-19(32)13-37-18-11-7-6-10-15(18)20-21-16-12-17(24(21)38-26-25(20)39-29(35)30-26)23-22(16)27(33)31(28(23)34)14-8-4-3-5-9-14/h3-11,16-17,20-24H,2,12-13H2,1H3,(H,30,35)/t16?,17?,20-,21?,22?,23?,24?/m1/s1. The molecule has 3 aromatic rings. The summed E-state index contributed by atoms with van der Waals surface area (Å²) in [5.74, 6) is -0.965. The van der Waals surface area contributed by atoms with Gasteiger partial charge < -0.3 is 14.5 Å². The molecule has 3 fully saturated rings. The van der Waals surface area contributed by atoms with E-state index in [1.165, 1.54) is 16.2 Å². The molecular weight excluding hydrogens is 536 g/mol. The fourth-order valence-electron chi connectivity index (χ4n) is 7.40. The Kier molecular flexibility index (Phi) is 5.93. The Morgan fingerprint density at radius 2 is 1.72 bits per heavy atom. The molecule has 3 heterocycles. The highest BCUT2D eigenvalue weighted by molar-refractivity contribution is 8.00. The summed E-state index contributed by atoms with van der Waals surface area (Å²) in [7, 11) is 0. The number of H-pyrrole nitrogens is 1. The van der Waals surface area contributed by atoms with Gasteiger partial charge in [-0.15, -0.1) is 11.8 Å². The van der Waals surface area contributed by atoms with Crippen molar-refractivity contribution in [2.24, 2.45) is 29.6 Å². The van der Waals surface area contributed by atoms with Crippen molar-refractivity contribution in [2.45, 2.75) is 29.5 Å². The van der Waals surface area contributed by atoms with E-state index in [1.54, 1.807) is 18.7 Å². The molecule has 2 saturated carbocycles. The molecule has 10 heteroatoms. The van der Waals surface area contributed by atoms with Gasteiger partial charge in [-0.1, -0.05) is 47.7 Å². The Labute approximate surface area is 232 Å². The maximum absolute atomic E-state index is 13.8. The normalized spacial score (nSPS) is 30.2. The van der Waals surface area contributed by atoms with Crippen LogP contribution in [0.4, 0.5) is 5.69 Å². The molecule has 4 aliphatic rings. The van der Waals surface area contributed by atoms with Gasteiger partial charge in [0.1, 0.15) is 5.75 Å². The lowest BCUT2D eigenvalue weighted by atomic mass is 9.68. The van der Waals surface area contributed by atoms with Crippen molar-refractivity contribution >= 4 is 46.6 Å². The largest absolute Gasteiger partial charge is 0.482 e. The number of nitrogens with zero attached hydrogens (tertiary/aromatic N) is 1. The van der Waals surface area contributed by atoms with Gasteiger partial charge in [-0.2, -0.15) is 0 Å². The van der Waals surface area contributed by atoms with E-state index in [2.05, 4.69) is 4.98 Å². The van der Waals surface area contributed by atoms with Crippen LogP contribution in [0.15, 0.2) is 64.4 Å². The van der Waals surface area contributed by atoms with Crippen LogP contribution in [0, 0.1) is 29.6 Å². The van der Waals surface area contributed by atoms with E-state index in [-0.39, 0.29) is 70.7 Å². The molecule has 2 bridgehead atoms. The number of carbonyl (C=O) groups excluding carboxylic acids is 3. The van der Waals surface area contributed by atoms with Crippen LogP contribution in [0.5, 0.6) is 5.75 Å². The number of imide groups is 1. The number of carbonyl (C=O) groups is 3. The van der Waals surface area contributed by atoms with Crippen molar-refractivity contribution in [3.05, 3.63) is 74.7 Å². The Morgan fingerprint density at radius 3 is 2.49 bits per heavy atom. The first-order valence-corrected chi connectivity index (χ1v) is 14.9. The van der Waals surface area contributed by atoms with Crippen molar-refractivity contribution in [1.82, 2.24) is 4.98 Å². The third-order valence-corrected chi connectivity index (χ3v) is 11.2. The second kappa shape index (κ2) is 9.38. The van der Waals surface area contributed by atoms with E-state index in [1.807, 2.05) is 54.6 Å². The first-order chi connectivity index (χ1) is 19.0. The lowest BCUT2D eigenvalue weighted by Crippen LogP contribution is -2.42. The van der Waals surface area contributed by atoms with Crippen molar-refractivity contribution in [3.8, 4) is 5.75 Å². The van der Waals surface area contributed by atoms with E-state index in [0.29, 0.717) is 11.4 Å². The molecule has 2 aliphatic heterocycles. The summed E-state index contributed by atoms with van der Waals surface area (Å²) >= 11 is 2.84. The van der Waals surface area contributed by atoms with Crippen molar-refractivity contribution in [1.29, 1.82) is 0 Å². The summed E-state index contributed by atoms with van der Waals surface area (Å²) in [6, 6.07) is 16.8. The van der Waals surface area contributed by atoms with Crippen LogP contribution in [0.1, 0.15) is 29.7 Å². The molecule has 2 amide bonds. The highest BCUT2D eigenvalue weighted by atomic mass is 32.2. The zero-order valence-corrected chi connectivity index (χ0v) is 22.7. The molecule has 200 valence electrons. The summed E-state index contributed by atoms with van der Waals surface area (Å²) < 4.78 is 11.0. The number of thiazole rings is 1. The van der Waals surface area contributed by atoms with Gasteiger partial charge >= 0.3 is 10.8 Å². The number of hydrogen-bond donors (Lipinski definition) is 1. The second-order valence-corrected chi connectivity index (χ2v) is 12.6. The van der Waals surface area contributed by atoms with Crippen molar-refractivity contribution in [2.75, 3.05) is 18.1 Å². The number of thioether (sulfide) groups is 1. The van der Waals surface area contributed by atoms with Gasteiger partial charge in [-0.3, -0.25) is 19.3 Å². The Bertz CT molecular complexity index is 1530. The molecule has 7 rings (SSSR count). The molecule has 2 aliphatic carbocycles. The molecule has 1 N–H and O–H groups in total. The predicted molar refractivity (Wildman–Crippen MR) is 146 cm³/mol. The van der Waals surface area contributed by atoms with Crippen LogP contribution >= 0.6 is 23.1 Å². The number of aromatic amines is 1. The number of hydrogen-bond acceptors (Lipinski definition) is 8. The maximum Gasteiger partial charge on any atom is 0.344 e. The molecule has 7 atom stereocenters. The fourth-order valence-corrected chi connectivity index (χ4v) is 10.3. The van der Waals surface area contributed by atoms with Gasteiger partial charge in [0.05, 0.1) is 29.2 Å². The molecule has 0 radical (unpaired) electrons. The van der Waals surface area contributed by atoms with Gasteiger partial charge in [-0.25, -0.2) is 4.79 Å². The lowest BCUT2D eigenvalue weighted by molar-refractivity contribution is -0.145. The molecule has 2 aromatic carbocycles. The summed E-state index contributed by atoms with van der Waals surface area (Å²) in [5.41, 5.74) is 1.50. The minimum Gasteiger partial charge on any atom is -0.482 e. The SMILES string of the molecule is CCOC(=O)COc1ccccc1[C@H]1c2sc(=O)[nH]c2SC2C3CC(C4C(=O)N(c5ccccc5)C(=O)C34)C21. The van der Waals surface area contributed by atoms with Crippen LogP contribution in [-0.2, 0) is 19.1 Å². The molecule has 1 aromatic heterocycles. The van der Waals surface area contributed by atoms with Gasteiger partial charge in [-0.05, 0) is 49.3 Å². The number of aromatic nitrogens is 1. The number of benzene rings is 2. The third kappa shape index (κ3) is 3.71. The smallest absolute Gasteiger partial charge is 0.344 e. The molecule has 6 unspecified atom stereocenters. The first-order valence-electron chi connectivity index (χ1n) is 13.2. The van der Waals surface area contributed by atoms with E-state index in [0.717, 1.165) is 21.9 Å². The number of fused-ring (bicyclic) bond motifs is 9. The van der Waals surface area contributed by atoms with Crippen LogP contribution in [0.2, 0.25) is 0 Å². The summed E-state index contributed by atoms with van der Waals surface area (Å²) in [6.07, 6.45) is 0.805. The topological polar surface area (TPSA) is 106 Å². The predicted octanol–water partition coefficient (Wildman–Crippen LogP) is 4.06. The van der Waals surface area contributed by atoms with Crippen LogP contribution < -0.4 is 14.5 Å². The van der Waals surface area contributed by atoms with Crippen molar-refractivity contribution in [3.63, 3.8) is 0 Å². The molecule has 1 saturated heterocycles. The monoisotopic (exact) mass is 562 g/mol. The summed E-state index contributed by atoms with van der Waals surface area (Å²) in [5, 5.41) is 0.904. The average molecular weight is 563 g/mol. The number of anilines is 1. The number of nitrogens with one attached hydrogen (secondary N) is 1. The zero-order chi connectivity index (χ0) is 26.8. The molecule has 8 nitrogen and oxygen atoms in total. The highest BCUT2D eigenvalue weighted by Crippen LogP contribution is 2.69. The van der Waals surface area contributed by atoms with E-state index >= 15 is 0 Å². The number of ether oxygens (including phenoxy) is 2. The van der Waals surface area contributed by atoms with E-state index in [9.17, 15) is 19.2 Å². The summed E-state index contributed by atoms with van der Waals surface area (Å²) in [6.45, 7) is 1.80. The fraction of sp³-hybridized carbons (Fsp3) is 0.379. The van der Waals surface area contributed by atoms with Crippen LogP contribution in [0.3, 0.4) is 0 Å². The van der Waals surface area contributed by atoms with Gasteiger partial charge in [0.15, 0.2) is 6.61 Å². The lowest BCUT2D eigenvalue weighted by Gasteiger charge is -2.43. The molecular formula is C29H26N2O6S2. The Hall–Kier alpha value is -3.37. The number of para-hydroxylation sites is 2. The van der Waals surface area contributed by atoms with Crippen LogP contribution in [0.25, 0.3) is 0 Å². The number of amides is 2. The zero-order valence-electron chi connectivity index (χ0n) is 21.1. The van der Waals surface area contributed by atoms with E-state index < -0.39 is 5.97 Å². The van der Waals surface area contributed by atoms with Gasteiger partial charge in [0, 0.05) is 21.6 Å². The quantitative estimate of drug-likeness (QED) is 0.357.